The van der Waals surface area contributed by atoms with Gasteiger partial charge in [0.15, 0.2) is 0 Å². The van der Waals surface area contributed by atoms with E-state index in [1.807, 2.05) is 6.55 Å². The summed E-state index contributed by atoms with van der Waals surface area (Å²) in [5.41, 5.74) is 0. The van der Waals surface area contributed by atoms with Gasteiger partial charge in [-0.3, -0.25) is 4.90 Å². The van der Waals surface area contributed by atoms with E-state index in [9.17, 15) is 0 Å². The van der Waals surface area contributed by atoms with Gasteiger partial charge in [-0.05, 0) is 20.8 Å². The molecule has 0 aromatic heterocycles. The van der Waals surface area contributed by atoms with E-state index in [-0.39, 0.29) is 0 Å². The van der Waals surface area contributed by atoms with Gasteiger partial charge in [-0.15, -0.1) is 0 Å². The summed E-state index contributed by atoms with van der Waals surface area (Å²) < 4.78 is 17.4. The molecule has 88 valence electrons. The van der Waals surface area contributed by atoms with Crippen LogP contribution in [0.3, 0.4) is 0 Å². The molecule has 4 nitrogen and oxygen atoms in total. The topological polar surface area (TPSA) is 30.9 Å². The van der Waals surface area contributed by atoms with Crippen molar-refractivity contribution in [1.82, 2.24) is 4.90 Å². The van der Waals surface area contributed by atoms with Crippen molar-refractivity contribution in [3.63, 3.8) is 0 Å². The first-order valence-corrected chi connectivity index (χ1v) is 7.93. The molecule has 0 radical (unpaired) electrons. The standard InChI is InChI=1S/C10H21NO3Si/c1-8-5-12-15(4)13-6-9(2)11(8)10(3)7-14-15/h8-10H,5-7H2,1-4H3/t8-,9-,10-/m1/s1. The van der Waals surface area contributed by atoms with Gasteiger partial charge in [0.1, 0.15) is 0 Å². The Morgan fingerprint density at radius 3 is 1.53 bits per heavy atom. The molecular formula is C10H21NO3Si. The largest absolute Gasteiger partial charge is 0.497 e. The van der Waals surface area contributed by atoms with Gasteiger partial charge in [0.25, 0.3) is 0 Å². The van der Waals surface area contributed by atoms with Crippen LogP contribution >= 0.6 is 0 Å². The maximum Gasteiger partial charge on any atom is 0.497 e. The summed E-state index contributed by atoms with van der Waals surface area (Å²) in [6, 6.07) is 1.36. The van der Waals surface area contributed by atoms with E-state index < -0.39 is 8.80 Å². The lowest BCUT2D eigenvalue weighted by molar-refractivity contribution is -0.0713. The number of rotatable bonds is 0. The summed E-state index contributed by atoms with van der Waals surface area (Å²) in [4.78, 5) is 2.44. The lowest BCUT2D eigenvalue weighted by Crippen LogP contribution is -2.61. The van der Waals surface area contributed by atoms with Crippen molar-refractivity contribution < 1.29 is 13.3 Å². The molecule has 3 rings (SSSR count). The Labute approximate surface area is 92.9 Å². The lowest BCUT2D eigenvalue weighted by Gasteiger charge is -2.46. The maximum atomic E-state index is 5.80. The zero-order valence-corrected chi connectivity index (χ0v) is 11.0. The lowest BCUT2D eigenvalue weighted by atomic mass is 10.1. The van der Waals surface area contributed by atoms with Gasteiger partial charge in [0.2, 0.25) is 0 Å². The highest BCUT2D eigenvalue weighted by Gasteiger charge is 2.43. The van der Waals surface area contributed by atoms with E-state index in [0.29, 0.717) is 18.1 Å². The van der Waals surface area contributed by atoms with Gasteiger partial charge in [-0.2, -0.15) is 0 Å². The normalized spacial score (nSPS) is 52.0. The first-order chi connectivity index (χ1) is 7.02. The minimum Gasteiger partial charge on any atom is -0.372 e. The quantitative estimate of drug-likeness (QED) is 0.584. The second-order valence-corrected chi connectivity index (χ2v) is 7.38. The van der Waals surface area contributed by atoms with Crippen LogP contribution in [0.1, 0.15) is 20.8 Å². The molecule has 0 N–H and O–H groups in total. The van der Waals surface area contributed by atoms with Crippen LogP contribution in [0.25, 0.3) is 0 Å². The van der Waals surface area contributed by atoms with Gasteiger partial charge < -0.3 is 13.3 Å². The third-order valence-electron chi connectivity index (χ3n) is 3.29. The van der Waals surface area contributed by atoms with Crippen molar-refractivity contribution in [3.05, 3.63) is 0 Å². The van der Waals surface area contributed by atoms with Gasteiger partial charge in [-0.25, -0.2) is 0 Å². The fourth-order valence-corrected chi connectivity index (χ4v) is 4.38. The van der Waals surface area contributed by atoms with E-state index in [1.54, 1.807) is 0 Å². The molecule has 0 aromatic rings. The predicted molar refractivity (Wildman–Crippen MR) is 59.7 cm³/mol. The van der Waals surface area contributed by atoms with E-state index in [4.69, 9.17) is 13.3 Å². The Morgan fingerprint density at radius 1 is 0.867 bits per heavy atom. The van der Waals surface area contributed by atoms with Crippen LogP contribution in [-0.4, -0.2) is 51.7 Å². The summed E-state index contributed by atoms with van der Waals surface area (Å²) in [6.07, 6.45) is 0. The first-order valence-electron chi connectivity index (χ1n) is 5.71. The maximum absolute atomic E-state index is 5.80. The molecule has 3 saturated heterocycles. The van der Waals surface area contributed by atoms with Crippen molar-refractivity contribution >= 4 is 8.80 Å². The third-order valence-corrected chi connectivity index (χ3v) is 5.36. The molecule has 0 aromatic carbocycles. The molecule has 3 aliphatic rings. The molecule has 3 aliphatic heterocycles. The fourth-order valence-electron chi connectivity index (χ4n) is 2.50. The van der Waals surface area contributed by atoms with Crippen LogP contribution in [-0.2, 0) is 13.3 Å². The van der Waals surface area contributed by atoms with Crippen LogP contribution in [0.2, 0.25) is 6.55 Å². The molecule has 5 heteroatoms. The Morgan fingerprint density at radius 2 is 1.20 bits per heavy atom. The van der Waals surface area contributed by atoms with Gasteiger partial charge in [0, 0.05) is 24.7 Å². The summed E-state index contributed by atoms with van der Waals surface area (Å²) >= 11 is 0. The number of nitrogens with zero attached hydrogens (tertiary/aromatic N) is 1. The molecule has 0 aliphatic carbocycles. The molecule has 15 heavy (non-hydrogen) atoms. The van der Waals surface area contributed by atoms with E-state index in [2.05, 4.69) is 25.7 Å². The Kier molecular flexibility index (Phi) is 3.19. The zero-order valence-electron chi connectivity index (χ0n) is 10.0. The highest BCUT2D eigenvalue weighted by Crippen LogP contribution is 2.24. The highest BCUT2D eigenvalue weighted by atomic mass is 28.4. The van der Waals surface area contributed by atoms with Crippen molar-refractivity contribution in [3.8, 4) is 0 Å². The minimum absolute atomic E-state index is 0.453. The molecule has 0 amide bonds. The molecule has 3 fully saturated rings. The Hall–Kier alpha value is 0.0569. The second-order valence-electron chi connectivity index (χ2n) is 4.79. The molecule has 0 spiro atoms. The summed E-state index contributed by atoms with van der Waals surface area (Å²) in [7, 11) is -2.33. The monoisotopic (exact) mass is 231 g/mol. The van der Waals surface area contributed by atoms with Gasteiger partial charge in [-0.1, -0.05) is 0 Å². The van der Waals surface area contributed by atoms with Crippen molar-refractivity contribution in [1.29, 1.82) is 0 Å². The fraction of sp³-hybridized carbons (Fsp3) is 1.00. The van der Waals surface area contributed by atoms with Crippen LogP contribution in [0.5, 0.6) is 0 Å². The van der Waals surface area contributed by atoms with Crippen LogP contribution in [0, 0.1) is 0 Å². The predicted octanol–water partition coefficient (Wildman–Crippen LogP) is 1.10. The van der Waals surface area contributed by atoms with Crippen molar-refractivity contribution in [2.45, 2.75) is 45.4 Å². The summed E-state index contributed by atoms with van der Waals surface area (Å²) in [5, 5.41) is 0. The van der Waals surface area contributed by atoms with E-state index in [0.717, 1.165) is 19.8 Å². The van der Waals surface area contributed by atoms with Gasteiger partial charge >= 0.3 is 8.80 Å². The minimum atomic E-state index is -2.33. The zero-order chi connectivity index (χ0) is 11.1. The van der Waals surface area contributed by atoms with Crippen molar-refractivity contribution in [2.75, 3.05) is 19.8 Å². The Bertz CT molecular complexity index is 203. The van der Waals surface area contributed by atoms with Gasteiger partial charge in [0.05, 0.1) is 19.8 Å². The average molecular weight is 231 g/mol. The van der Waals surface area contributed by atoms with Crippen molar-refractivity contribution in [2.24, 2.45) is 0 Å². The van der Waals surface area contributed by atoms with E-state index >= 15 is 0 Å². The van der Waals surface area contributed by atoms with Crippen LogP contribution in [0.15, 0.2) is 0 Å². The molecule has 2 bridgehead atoms. The molecule has 0 saturated carbocycles. The van der Waals surface area contributed by atoms with E-state index in [1.165, 1.54) is 0 Å². The molecule has 0 unspecified atom stereocenters. The average Bonchev–Trinajstić information content (AvgIpc) is 2.18. The Balaban J connectivity index is 2.24. The van der Waals surface area contributed by atoms with Crippen LogP contribution in [0.4, 0.5) is 0 Å². The third kappa shape index (κ3) is 2.26. The molecule has 3 atom stereocenters. The summed E-state index contributed by atoms with van der Waals surface area (Å²) in [6.45, 7) is 10.8. The number of hydrogen-bond donors (Lipinski definition) is 0. The van der Waals surface area contributed by atoms with Crippen LogP contribution < -0.4 is 0 Å². The second kappa shape index (κ2) is 4.14. The SMILES string of the molecule is C[C@@H]1CO[Si]2(C)OC[C@@H](C)N1[C@H](C)CO2. The first kappa shape index (κ1) is 11.5. The number of hydrogen-bond acceptors (Lipinski definition) is 4. The number of fused-ring (bicyclic) bond motifs is 6. The summed E-state index contributed by atoms with van der Waals surface area (Å²) in [5.74, 6) is 0. The smallest absolute Gasteiger partial charge is 0.372 e. The molecule has 3 heterocycles. The molecular weight excluding hydrogens is 210 g/mol. The highest BCUT2D eigenvalue weighted by molar-refractivity contribution is 6.59.